The van der Waals surface area contributed by atoms with E-state index in [2.05, 4.69) is 10.6 Å². The molecule has 0 aliphatic heterocycles. The number of aliphatic carboxylic acids is 1. The van der Waals surface area contributed by atoms with E-state index in [1.165, 1.54) is 26.0 Å². The second-order valence-electron chi connectivity index (χ2n) is 9.14. The highest BCUT2D eigenvalue weighted by Crippen LogP contribution is 2.15. The van der Waals surface area contributed by atoms with Crippen molar-refractivity contribution in [3.63, 3.8) is 0 Å². The summed E-state index contributed by atoms with van der Waals surface area (Å²) in [6.07, 6.45) is -1.28. The molecule has 0 saturated carbocycles. The number of hydrogen-bond donors (Lipinski definition) is 5. The van der Waals surface area contributed by atoms with Crippen LogP contribution in [0, 0.1) is 5.92 Å². The molecule has 0 radical (unpaired) electrons. The normalized spacial score (nSPS) is 14.6. The summed E-state index contributed by atoms with van der Waals surface area (Å²) in [6.45, 7) is 6.19. The van der Waals surface area contributed by atoms with Crippen LogP contribution in [-0.2, 0) is 35.1 Å². The highest BCUT2D eigenvalue weighted by molar-refractivity contribution is 5.99. The molecule has 0 aliphatic rings. The number of aromatic hydroxyl groups is 1. The number of phenols is 1. The van der Waals surface area contributed by atoms with Crippen LogP contribution in [0.15, 0.2) is 24.3 Å². The average Bonchev–Trinajstić information content (AvgIpc) is 2.87. The van der Waals surface area contributed by atoms with Crippen molar-refractivity contribution in [1.29, 1.82) is 0 Å². The van der Waals surface area contributed by atoms with E-state index in [1.54, 1.807) is 26.0 Å². The van der Waals surface area contributed by atoms with E-state index in [1.807, 2.05) is 0 Å². The molecule has 0 aliphatic carbocycles. The van der Waals surface area contributed by atoms with Crippen molar-refractivity contribution in [3.8, 4) is 5.75 Å². The molecule has 1 aromatic rings. The molecule has 0 unspecified atom stereocenters. The minimum absolute atomic E-state index is 0.0657. The van der Waals surface area contributed by atoms with Gasteiger partial charge in [0.05, 0.1) is 25.1 Å². The minimum atomic E-state index is -1.34. The van der Waals surface area contributed by atoms with Crippen LogP contribution in [0.4, 0.5) is 4.79 Å². The lowest BCUT2D eigenvalue weighted by atomic mass is 9.97. The molecule has 6 N–H and O–H groups in total. The van der Waals surface area contributed by atoms with Crippen molar-refractivity contribution in [3.05, 3.63) is 29.8 Å². The van der Waals surface area contributed by atoms with Gasteiger partial charge in [-0.25, -0.2) is 9.69 Å². The van der Waals surface area contributed by atoms with Gasteiger partial charge in [-0.15, -0.1) is 0 Å². The number of phenolic OH excluding ortho intramolecular Hbond substituents is 1. The predicted octanol–water partition coefficient (Wildman–Crippen LogP) is 0.715. The third kappa shape index (κ3) is 10.3. The summed E-state index contributed by atoms with van der Waals surface area (Å²) in [4.78, 5) is 74.6. The number of carboxylic acid groups (broad SMARTS) is 1. The smallest absolute Gasteiger partial charge is 0.416 e. The number of carbonyl (C=O) groups is 6. The summed E-state index contributed by atoms with van der Waals surface area (Å²) in [7, 11) is 0. The van der Waals surface area contributed by atoms with Crippen molar-refractivity contribution in [2.45, 2.75) is 77.5 Å². The number of imide groups is 1. The van der Waals surface area contributed by atoms with E-state index in [4.69, 9.17) is 10.5 Å². The molecule has 0 aromatic heterocycles. The van der Waals surface area contributed by atoms with Crippen molar-refractivity contribution >= 4 is 36.1 Å². The number of hydrogen-bond acceptors (Lipinski definition) is 9. The van der Waals surface area contributed by atoms with Gasteiger partial charge >= 0.3 is 12.1 Å². The second kappa shape index (κ2) is 16.1. The van der Waals surface area contributed by atoms with Gasteiger partial charge in [-0.3, -0.25) is 19.2 Å². The first kappa shape index (κ1) is 33.0. The Bertz CT molecular complexity index is 1020. The molecule has 1 rings (SSSR count). The molecule has 4 amide bonds. The SMILES string of the molecule is CCOC(=O)N(C(=O)[C@H](C)NC(=O)[C@@H](NC(=O)[C@@H](N)Cc1ccc(O)cc1)[C@@H](C)CC)[C@H](CC=O)CC(=O)O. The Hall–Kier alpha value is -4.00. The molecule has 0 saturated heterocycles. The molecule has 5 atom stereocenters. The maximum absolute atomic E-state index is 13.2. The van der Waals surface area contributed by atoms with Crippen LogP contribution >= 0.6 is 0 Å². The summed E-state index contributed by atoms with van der Waals surface area (Å²) in [6, 6.07) is 1.41. The number of nitrogens with one attached hydrogen (secondary N) is 2. The van der Waals surface area contributed by atoms with Crippen LogP contribution in [0.5, 0.6) is 5.75 Å². The van der Waals surface area contributed by atoms with Gasteiger partial charge in [0.2, 0.25) is 11.8 Å². The summed E-state index contributed by atoms with van der Waals surface area (Å²) in [5.41, 5.74) is 6.73. The molecule has 0 fully saturated rings. The van der Waals surface area contributed by atoms with Gasteiger partial charge in [0.25, 0.3) is 5.91 Å². The Morgan fingerprint density at radius 1 is 1.05 bits per heavy atom. The van der Waals surface area contributed by atoms with Crippen molar-refractivity contribution in [2.24, 2.45) is 11.7 Å². The standard InChI is InChI=1S/C26H38N4O9/c1-5-15(3)22(29-23(35)20(27)13-17-7-9-19(32)10-8-17)24(36)28-16(4)25(37)30(26(38)39-6-2)18(11-12-31)14-21(33)34/h7-10,12,15-16,18,20,22,32H,5-6,11,13-14,27H2,1-4H3,(H,28,36)(H,29,35)(H,33,34)/t15-,16-,18+,20-,22-/m0/s1. The summed E-state index contributed by atoms with van der Waals surface area (Å²) in [5, 5.41) is 23.7. The highest BCUT2D eigenvalue weighted by Gasteiger charge is 2.37. The molecular formula is C26H38N4O9. The number of carboxylic acids is 1. The number of nitrogens with zero attached hydrogens (tertiary/aromatic N) is 1. The fraction of sp³-hybridized carbons (Fsp3) is 0.538. The van der Waals surface area contributed by atoms with Gasteiger partial charge < -0.3 is 36.1 Å². The number of aldehydes is 1. The van der Waals surface area contributed by atoms with Crippen LogP contribution in [0.3, 0.4) is 0 Å². The number of nitrogens with two attached hydrogens (primary N) is 1. The van der Waals surface area contributed by atoms with Gasteiger partial charge in [-0.1, -0.05) is 32.4 Å². The lowest BCUT2D eigenvalue weighted by molar-refractivity contribution is -0.142. The van der Waals surface area contributed by atoms with Crippen LogP contribution in [0.2, 0.25) is 0 Å². The van der Waals surface area contributed by atoms with E-state index in [0.29, 0.717) is 23.2 Å². The first-order valence-corrected chi connectivity index (χ1v) is 12.7. The molecule has 0 spiro atoms. The van der Waals surface area contributed by atoms with Gasteiger partial charge in [-0.2, -0.15) is 0 Å². The molecule has 1 aromatic carbocycles. The third-order valence-corrected chi connectivity index (χ3v) is 6.10. The molecule has 13 nitrogen and oxygen atoms in total. The van der Waals surface area contributed by atoms with Gasteiger partial charge in [-0.05, 0) is 43.9 Å². The summed E-state index contributed by atoms with van der Waals surface area (Å²) >= 11 is 0. The van der Waals surface area contributed by atoms with E-state index < -0.39 is 66.8 Å². The Labute approximate surface area is 227 Å². The zero-order valence-corrected chi connectivity index (χ0v) is 22.6. The van der Waals surface area contributed by atoms with Gasteiger partial charge in [0.1, 0.15) is 24.1 Å². The quantitative estimate of drug-likeness (QED) is 0.193. The first-order valence-electron chi connectivity index (χ1n) is 12.7. The molecule has 39 heavy (non-hydrogen) atoms. The number of ether oxygens (including phenoxy) is 1. The monoisotopic (exact) mass is 550 g/mol. The maximum atomic E-state index is 13.2. The first-order chi connectivity index (χ1) is 18.4. The minimum Gasteiger partial charge on any atom is -0.508 e. The van der Waals surface area contributed by atoms with Gasteiger partial charge in [0, 0.05) is 6.42 Å². The average molecular weight is 551 g/mol. The van der Waals surface area contributed by atoms with E-state index >= 15 is 0 Å². The predicted molar refractivity (Wildman–Crippen MR) is 139 cm³/mol. The zero-order valence-electron chi connectivity index (χ0n) is 22.6. The highest BCUT2D eigenvalue weighted by atomic mass is 16.6. The lowest BCUT2D eigenvalue weighted by Crippen LogP contribution is -2.59. The van der Waals surface area contributed by atoms with E-state index in [0.717, 1.165) is 0 Å². The number of benzene rings is 1. The third-order valence-electron chi connectivity index (χ3n) is 6.10. The molecule has 216 valence electrons. The number of amides is 4. The van der Waals surface area contributed by atoms with Crippen molar-refractivity contribution < 1.29 is 43.7 Å². The van der Waals surface area contributed by atoms with Crippen LogP contribution < -0.4 is 16.4 Å². The fourth-order valence-corrected chi connectivity index (χ4v) is 3.72. The van der Waals surface area contributed by atoms with E-state index in [-0.39, 0.29) is 24.7 Å². The fourth-order valence-electron chi connectivity index (χ4n) is 3.72. The molecule has 13 heteroatoms. The second-order valence-corrected chi connectivity index (χ2v) is 9.14. The molecule has 0 bridgehead atoms. The van der Waals surface area contributed by atoms with Crippen molar-refractivity contribution in [1.82, 2.24) is 15.5 Å². The zero-order chi connectivity index (χ0) is 29.7. The van der Waals surface area contributed by atoms with Gasteiger partial charge in [0.15, 0.2) is 0 Å². The van der Waals surface area contributed by atoms with Crippen molar-refractivity contribution in [2.75, 3.05) is 6.61 Å². The topological polar surface area (TPSA) is 205 Å². The lowest BCUT2D eigenvalue weighted by Gasteiger charge is -2.31. The van der Waals surface area contributed by atoms with E-state index in [9.17, 15) is 39.0 Å². The maximum Gasteiger partial charge on any atom is 0.416 e. The van der Waals surface area contributed by atoms with Crippen LogP contribution in [0.25, 0.3) is 0 Å². The Morgan fingerprint density at radius 3 is 2.18 bits per heavy atom. The van der Waals surface area contributed by atoms with Crippen LogP contribution in [0.1, 0.15) is 52.5 Å². The number of carbonyl (C=O) groups excluding carboxylic acids is 5. The van der Waals surface area contributed by atoms with Crippen LogP contribution in [-0.4, -0.2) is 82.0 Å². The number of rotatable bonds is 15. The molecular weight excluding hydrogens is 512 g/mol. The Balaban J connectivity index is 3.06. The largest absolute Gasteiger partial charge is 0.508 e. The molecule has 0 heterocycles. The summed E-state index contributed by atoms with van der Waals surface area (Å²) in [5.74, 6) is -3.95. The Morgan fingerprint density at radius 2 is 1.67 bits per heavy atom. The summed E-state index contributed by atoms with van der Waals surface area (Å²) < 4.78 is 4.89. The Kier molecular flexibility index (Phi) is 13.6.